The average molecular weight is 813 g/mol. The van der Waals surface area contributed by atoms with Gasteiger partial charge in [0.2, 0.25) is 0 Å². The van der Waals surface area contributed by atoms with Crippen molar-refractivity contribution in [2.45, 2.75) is 12.4 Å². The first-order valence-corrected chi connectivity index (χ1v) is 18.7. The average Bonchev–Trinajstić information content (AvgIpc) is 3.60. The molecule has 0 atom stereocenters. The van der Waals surface area contributed by atoms with Gasteiger partial charge in [-0.3, -0.25) is 0 Å². The molecule has 9 rings (SSSR count). The first kappa shape index (κ1) is 38.4. The number of rotatable bonds is 6. The third kappa shape index (κ3) is 7.00. The predicted molar refractivity (Wildman–Crippen MR) is 222 cm³/mol. The van der Waals surface area contributed by atoms with Gasteiger partial charge in [0.25, 0.3) is 0 Å². The van der Waals surface area contributed by atoms with E-state index in [-0.39, 0.29) is 62.2 Å². The first-order chi connectivity index (χ1) is 29.4. The van der Waals surface area contributed by atoms with Crippen molar-refractivity contribution in [2.24, 2.45) is 0 Å². The molecule has 2 aromatic heterocycles. The fourth-order valence-electron chi connectivity index (χ4n) is 7.67. The maximum Gasteiger partial charge on any atom is 0.417 e. The third-order valence-corrected chi connectivity index (χ3v) is 10.3. The van der Waals surface area contributed by atoms with Crippen LogP contribution in [-0.2, 0) is 12.4 Å². The lowest BCUT2D eigenvalue weighted by Crippen LogP contribution is -2.11. The van der Waals surface area contributed by atoms with E-state index in [1.165, 1.54) is 60.7 Å². The molecular formula is C49H26F6N6. The smallest absolute Gasteiger partial charge is 0.308 e. The molecule has 0 saturated heterocycles. The number of alkyl halides is 6. The second-order valence-corrected chi connectivity index (χ2v) is 14.0. The SMILES string of the molecule is [C-]#[N+]c1ccc2c(c1)c1cc(C#N)ccc1n2-c1c(-c2ccccc2C(F)(F)F)cc(-c2nc(-c3ccccc3)nc(-c3ccccc3)n2)cc1-c1ccccc1C(F)(F)F. The van der Waals surface area contributed by atoms with Crippen molar-refractivity contribution in [3.63, 3.8) is 0 Å². The van der Waals surface area contributed by atoms with Crippen LogP contribution in [0.25, 0.3) is 88.8 Å². The standard InChI is InChI=1S/C49H26F6N6/c1-57-33-21-23-43-37(27-33)36-24-29(28-56)20-22-42(36)61(43)44-38(34-16-8-10-18-40(34)48(50,51)52)25-32(26-39(44)35-17-9-11-19-41(35)49(53,54)55)47-59-45(30-12-4-2-5-13-30)58-46(60-47)31-14-6-3-7-15-31/h2-27H. The molecule has 61 heavy (non-hydrogen) atoms. The molecule has 0 saturated carbocycles. The molecule has 9 aromatic rings. The lowest BCUT2D eigenvalue weighted by molar-refractivity contribution is -0.137. The van der Waals surface area contributed by atoms with Crippen LogP contribution in [0.4, 0.5) is 32.0 Å². The minimum atomic E-state index is -4.89. The van der Waals surface area contributed by atoms with E-state index in [0.717, 1.165) is 12.1 Å². The highest BCUT2D eigenvalue weighted by molar-refractivity contribution is 6.12. The summed E-state index contributed by atoms with van der Waals surface area (Å²) in [6, 6.07) is 42.2. The van der Waals surface area contributed by atoms with Crippen molar-refractivity contribution in [3.8, 4) is 68.2 Å². The molecular weight excluding hydrogens is 787 g/mol. The number of benzene rings is 7. The molecule has 0 aliphatic heterocycles. The topological polar surface area (TPSA) is 71.8 Å². The minimum absolute atomic E-state index is 0.00156. The maximum atomic E-state index is 15.2. The normalized spacial score (nSPS) is 11.7. The Morgan fingerprint density at radius 3 is 1.41 bits per heavy atom. The van der Waals surface area contributed by atoms with Crippen molar-refractivity contribution in [1.29, 1.82) is 5.26 Å². The van der Waals surface area contributed by atoms with E-state index in [1.54, 1.807) is 77.4 Å². The molecule has 12 heteroatoms. The molecule has 0 N–H and O–H groups in total. The molecule has 294 valence electrons. The van der Waals surface area contributed by atoms with E-state index in [0.29, 0.717) is 32.9 Å². The summed E-state index contributed by atoms with van der Waals surface area (Å²) in [5, 5.41) is 10.8. The van der Waals surface area contributed by atoms with E-state index in [4.69, 9.17) is 21.5 Å². The van der Waals surface area contributed by atoms with Gasteiger partial charge in [0, 0.05) is 33.2 Å². The zero-order chi connectivity index (χ0) is 42.5. The minimum Gasteiger partial charge on any atom is -0.308 e. The number of fused-ring (bicyclic) bond motifs is 3. The second-order valence-electron chi connectivity index (χ2n) is 14.0. The molecule has 0 amide bonds. The monoisotopic (exact) mass is 812 g/mol. The van der Waals surface area contributed by atoms with E-state index in [1.807, 2.05) is 12.1 Å². The van der Waals surface area contributed by atoms with Crippen LogP contribution in [0, 0.1) is 17.9 Å². The van der Waals surface area contributed by atoms with Gasteiger partial charge in [-0.15, -0.1) is 0 Å². The van der Waals surface area contributed by atoms with E-state index < -0.39 is 23.5 Å². The van der Waals surface area contributed by atoms with Gasteiger partial charge in [-0.05, 0) is 71.1 Å². The van der Waals surface area contributed by atoms with Crippen LogP contribution < -0.4 is 0 Å². The molecule has 0 bridgehead atoms. The highest BCUT2D eigenvalue weighted by atomic mass is 19.4. The summed E-state index contributed by atoms with van der Waals surface area (Å²) in [5.41, 5.74) is -0.315. The van der Waals surface area contributed by atoms with Crippen molar-refractivity contribution >= 4 is 27.5 Å². The molecule has 2 heterocycles. The quantitative estimate of drug-likeness (QED) is 0.124. The molecule has 7 aromatic carbocycles. The fourth-order valence-corrected chi connectivity index (χ4v) is 7.67. The van der Waals surface area contributed by atoms with Crippen LogP contribution in [0.1, 0.15) is 16.7 Å². The van der Waals surface area contributed by atoms with E-state index in [2.05, 4.69) is 10.9 Å². The zero-order valence-electron chi connectivity index (χ0n) is 31.5. The summed E-state index contributed by atoms with van der Waals surface area (Å²) in [6.45, 7) is 7.72. The van der Waals surface area contributed by atoms with Gasteiger partial charge in [0.05, 0.1) is 46.1 Å². The summed E-state index contributed by atoms with van der Waals surface area (Å²) in [4.78, 5) is 17.9. The Bertz CT molecular complexity index is 3040. The summed E-state index contributed by atoms with van der Waals surface area (Å²) in [5.74, 6) is 0.460. The Morgan fingerprint density at radius 2 is 0.934 bits per heavy atom. The maximum absolute atomic E-state index is 15.2. The lowest BCUT2D eigenvalue weighted by atomic mass is 9.88. The summed E-state index contributed by atoms with van der Waals surface area (Å²) in [6.07, 6.45) is -9.79. The molecule has 0 fully saturated rings. The van der Waals surface area contributed by atoms with Crippen molar-refractivity contribution in [3.05, 3.63) is 186 Å². The number of hydrogen-bond donors (Lipinski definition) is 0. The van der Waals surface area contributed by atoms with Crippen LogP contribution in [-0.4, -0.2) is 19.5 Å². The summed E-state index contributed by atoms with van der Waals surface area (Å²) >= 11 is 0. The van der Waals surface area contributed by atoms with Gasteiger partial charge < -0.3 is 4.57 Å². The fraction of sp³-hybridized carbons (Fsp3) is 0.0408. The van der Waals surface area contributed by atoms with Gasteiger partial charge in [-0.25, -0.2) is 19.8 Å². The zero-order valence-corrected chi connectivity index (χ0v) is 31.5. The Labute approximate surface area is 344 Å². The predicted octanol–water partition coefficient (Wildman–Crippen LogP) is 13.8. The number of nitriles is 1. The highest BCUT2D eigenvalue weighted by Crippen LogP contribution is 2.49. The summed E-state index contributed by atoms with van der Waals surface area (Å²) in [7, 11) is 0. The lowest BCUT2D eigenvalue weighted by Gasteiger charge is -2.24. The largest absolute Gasteiger partial charge is 0.417 e. The van der Waals surface area contributed by atoms with Crippen LogP contribution in [0.3, 0.4) is 0 Å². The third-order valence-electron chi connectivity index (χ3n) is 10.3. The molecule has 0 aliphatic rings. The Hall–Kier alpha value is -8.09. The first-order valence-electron chi connectivity index (χ1n) is 18.7. The number of nitrogens with zero attached hydrogens (tertiary/aromatic N) is 6. The van der Waals surface area contributed by atoms with Crippen LogP contribution >= 0.6 is 0 Å². The van der Waals surface area contributed by atoms with Gasteiger partial charge in [-0.2, -0.15) is 31.6 Å². The van der Waals surface area contributed by atoms with Gasteiger partial charge in [0.1, 0.15) is 0 Å². The van der Waals surface area contributed by atoms with Crippen LogP contribution in [0.5, 0.6) is 0 Å². The van der Waals surface area contributed by atoms with E-state index >= 15 is 26.3 Å². The number of aromatic nitrogens is 4. The number of halogens is 6. The molecule has 0 unspecified atom stereocenters. The Morgan fingerprint density at radius 1 is 0.492 bits per heavy atom. The molecule has 0 radical (unpaired) electrons. The van der Waals surface area contributed by atoms with Gasteiger partial charge in [0.15, 0.2) is 23.2 Å². The van der Waals surface area contributed by atoms with Crippen molar-refractivity contribution in [2.75, 3.05) is 0 Å². The van der Waals surface area contributed by atoms with Crippen LogP contribution in [0.2, 0.25) is 0 Å². The second kappa shape index (κ2) is 14.9. The van der Waals surface area contributed by atoms with Crippen molar-refractivity contribution < 1.29 is 26.3 Å². The highest BCUT2D eigenvalue weighted by Gasteiger charge is 2.37. The molecule has 6 nitrogen and oxygen atoms in total. The van der Waals surface area contributed by atoms with Gasteiger partial charge in [-0.1, -0.05) is 103 Å². The number of hydrogen-bond acceptors (Lipinski definition) is 4. The van der Waals surface area contributed by atoms with Crippen LogP contribution in [0.15, 0.2) is 158 Å². The van der Waals surface area contributed by atoms with Crippen molar-refractivity contribution in [1.82, 2.24) is 19.5 Å². The Kier molecular flexibility index (Phi) is 9.41. The summed E-state index contributed by atoms with van der Waals surface area (Å²) < 4.78 is 92.7. The van der Waals surface area contributed by atoms with E-state index in [9.17, 15) is 5.26 Å². The molecule has 0 spiro atoms. The molecule has 0 aliphatic carbocycles. The Balaban J connectivity index is 1.50. The van der Waals surface area contributed by atoms with Gasteiger partial charge >= 0.3 is 12.4 Å².